The highest BCUT2D eigenvalue weighted by molar-refractivity contribution is 8.17. The summed E-state index contributed by atoms with van der Waals surface area (Å²) in [6.07, 6.45) is 14.0. The number of thioether (sulfide) groups is 2. The summed E-state index contributed by atoms with van der Waals surface area (Å²) in [5.41, 5.74) is 0. The zero-order valence-electron chi connectivity index (χ0n) is 8.95. The second kappa shape index (κ2) is 8.49. The van der Waals surface area contributed by atoms with E-state index in [1.165, 1.54) is 24.3 Å². The van der Waals surface area contributed by atoms with Gasteiger partial charge in [-0.2, -0.15) is 0 Å². The molecule has 0 saturated carbocycles. The number of hydrogen-bond acceptors (Lipinski definition) is 2. The molecule has 1 aliphatic heterocycles. The van der Waals surface area contributed by atoms with E-state index in [1.807, 2.05) is 0 Å². The van der Waals surface area contributed by atoms with Gasteiger partial charge in [-0.1, -0.05) is 31.2 Å². The van der Waals surface area contributed by atoms with Gasteiger partial charge < -0.3 is 0 Å². The van der Waals surface area contributed by atoms with Crippen LogP contribution >= 0.6 is 23.5 Å². The first-order valence-electron chi connectivity index (χ1n) is 5.46. The predicted molar refractivity (Wildman–Crippen MR) is 71.1 cm³/mol. The lowest BCUT2D eigenvalue weighted by atomic mass is 10.3. The Labute approximate surface area is 96.6 Å². The van der Waals surface area contributed by atoms with Crippen molar-refractivity contribution in [3.63, 3.8) is 0 Å². The van der Waals surface area contributed by atoms with E-state index in [-0.39, 0.29) is 0 Å². The van der Waals surface area contributed by atoms with Gasteiger partial charge in [0.05, 0.1) is 4.58 Å². The van der Waals surface area contributed by atoms with E-state index in [9.17, 15) is 0 Å². The molecule has 1 fully saturated rings. The molecule has 0 radical (unpaired) electrons. The molecule has 1 aliphatic rings. The molecule has 0 N–H and O–H groups in total. The van der Waals surface area contributed by atoms with Crippen LogP contribution in [0.1, 0.15) is 32.6 Å². The fourth-order valence-electron chi connectivity index (χ4n) is 1.32. The van der Waals surface area contributed by atoms with Crippen LogP contribution in [-0.4, -0.2) is 16.1 Å². The molecule has 1 rings (SSSR count). The highest BCUT2D eigenvalue weighted by Gasteiger charge is 2.11. The third-order valence-electron chi connectivity index (χ3n) is 2.07. The monoisotopic (exact) mass is 228 g/mol. The van der Waals surface area contributed by atoms with Gasteiger partial charge in [0.1, 0.15) is 0 Å². The molecular formula is C12H20S2. The fourth-order valence-corrected chi connectivity index (χ4v) is 4.10. The van der Waals surface area contributed by atoms with Crippen LogP contribution in [0.4, 0.5) is 0 Å². The van der Waals surface area contributed by atoms with Gasteiger partial charge in [-0.15, -0.1) is 23.5 Å². The Morgan fingerprint density at radius 3 is 2.50 bits per heavy atom. The first kappa shape index (κ1) is 12.3. The van der Waals surface area contributed by atoms with Crippen molar-refractivity contribution in [2.45, 2.75) is 37.2 Å². The minimum atomic E-state index is 0.829. The first-order valence-corrected chi connectivity index (χ1v) is 7.56. The van der Waals surface area contributed by atoms with Crippen LogP contribution in [0, 0.1) is 0 Å². The maximum Gasteiger partial charge on any atom is 0.0536 e. The van der Waals surface area contributed by atoms with Gasteiger partial charge in [0, 0.05) is 0 Å². The molecule has 0 aromatic carbocycles. The van der Waals surface area contributed by atoms with E-state index in [2.05, 4.69) is 54.8 Å². The molecule has 0 atom stereocenters. The van der Waals surface area contributed by atoms with Gasteiger partial charge in [-0.3, -0.25) is 0 Å². The fraction of sp³-hybridized carbons (Fsp3) is 0.667. The molecule has 0 amide bonds. The van der Waals surface area contributed by atoms with Gasteiger partial charge in [-0.25, -0.2) is 0 Å². The van der Waals surface area contributed by atoms with E-state index >= 15 is 0 Å². The van der Waals surface area contributed by atoms with Crippen LogP contribution < -0.4 is 0 Å². The Hall–Kier alpha value is 0.180. The van der Waals surface area contributed by atoms with Gasteiger partial charge in [0.2, 0.25) is 0 Å². The quantitative estimate of drug-likeness (QED) is 0.636. The molecule has 1 saturated heterocycles. The summed E-state index contributed by atoms with van der Waals surface area (Å²) in [6, 6.07) is 0. The van der Waals surface area contributed by atoms with Crippen molar-refractivity contribution in [3.8, 4) is 0 Å². The summed E-state index contributed by atoms with van der Waals surface area (Å²) in [6.45, 7) is 2.18. The molecular weight excluding hydrogens is 208 g/mol. The average molecular weight is 228 g/mol. The summed E-state index contributed by atoms with van der Waals surface area (Å²) >= 11 is 4.25. The van der Waals surface area contributed by atoms with Crippen LogP contribution in [0.2, 0.25) is 0 Å². The molecule has 14 heavy (non-hydrogen) atoms. The van der Waals surface area contributed by atoms with Crippen molar-refractivity contribution in [1.82, 2.24) is 0 Å². The summed E-state index contributed by atoms with van der Waals surface area (Å²) in [7, 11) is 0. The SMILES string of the molecule is CC/C=C\C/C=C\CC1SCCCS1. The maximum atomic E-state index is 2.34. The Kier molecular flexibility index (Phi) is 7.42. The Bertz CT molecular complexity index is 179. The lowest BCUT2D eigenvalue weighted by molar-refractivity contribution is 1.06. The number of allylic oxidation sites excluding steroid dienone is 4. The zero-order valence-corrected chi connectivity index (χ0v) is 10.6. The topological polar surface area (TPSA) is 0 Å². The van der Waals surface area contributed by atoms with E-state index in [4.69, 9.17) is 0 Å². The molecule has 0 aromatic heterocycles. The number of rotatable bonds is 5. The van der Waals surface area contributed by atoms with Crippen LogP contribution in [-0.2, 0) is 0 Å². The summed E-state index contributed by atoms with van der Waals surface area (Å²) < 4.78 is 0.829. The van der Waals surface area contributed by atoms with E-state index in [0.717, 1.165) is 17.4 Å². The minimum Gasteiger partial charge on any atom is -0.147 e. The van der Waals surface area contributed by atoms with Gasteiger partial charge in [0.25, 0.3) is 0 Å². The van der Waals surface area contributed by atoms with Crippen LogP contribution in [0.5, 0.6) is 0 Å². The predicted octanol–water partition coefficient (Wildman–Crippen LogP) is 4.49. The molecule has 0 spiro atoms. The van der Waals surface area contributed by atoms with Gasteiger partial charge in [0.15, 0.2) is 0 Å². The standard InChI is InChI=1S/C12H20S2/c1-2-3-4-5-6-7-9-12-13-10-8-11-14-12/h3-4,6-7,12H,2,5,8-11H2,1H3/b4-3-,7-6-. The van der Waals surface area contributed by atoms with Crippen molar-refractivity contribution in [2.24, 2.45) is 0 Å². The highest BCUT2D eigenvalue weighted by atomic mass is 32.2. The van der Waals surface area contributed by atoms with E-state index < -0.39 is 0 Å². The van der Waals surface area contributed by atoms with E-state index in [0.29, 0.717) is 0 Å². The van der Waals surface area contributed by atoms with Crippen molar-refractivity contribution in [3.05, 3.63) is 24.3 Å². The van der Waals surface area contributed by atoms with Crippen LogP contribution in [0.15, 0.2) is 24.3 Å². The maximum absolute atomic E-state index is 2.34. The third-order valence-corrected chi connectivity index (χ3v) is 5.06. The molecule has 0 aliphatic carbocycles. The molecule has 2 heteroatoms. The van der Waals surface area contributed by atoms with Crippen molar-refractivity contribution < 1.29 is 0 Å². The normalized spacial score (nSPS) is 19.8. The van der Waals surface area contributed by atoms with Gasteiger partial charge in [-0.05, 0) is 37.2 Å². The second-order valence-electron chi connectivity index (χ2n) is 3.35. The Morgan fingerprint density at radius 1 is 1.07 bits per heavy atom. The van der Waals surface area contributed by atoms with Crippen molar-refractivity contribution in [2.75, 3.05) is 11.5 Å². The summed E-state index contributed by atoms with van der Waals surface area (Å²) in [4.78, 5) is 0. The lowest BCUT2D eigenvalue weighted by Gasteiger charge is -2.18. The van der Waals surface area contributed by atoms with Crippen LogP contribution in [0.3, 0.4) is 0 Å². The molecule has 0 unspecified atom stereocenters. The second-order valence-corrected chi connectivity index (χ2v) is 6.27. The third kappa shape index (κ3) is 5.82. The zero-order chi connectivity index (χ0) is 10.1. The summed E-state index contributed by atoms with van der Waals surface area (Å²) in [5, 5.41) is 0. The largest absolute Gasteiger partial charge is 0.147 e. The lowest BCUT2D eigenvalue weighted by Crippen LogP contribution is -2.04. The van der Waals surface area contributed by atoms with Gasteiger partial charge >= 0.3 is 0 Å². The molecule has 0 nitrogen and oxygen atoms in total. The van der Waals surface area contributed by atoms with E-state index in [1.54, 1.807) is 0 Å². The highest BCUT2D eigenvalue weighted by Crippen LogP contribution is 2.32. The minimum absolute atomic E-state index is 0.829. The number of hydrogen-bond donors (Lipinski definition) is 0. The Morgan fingerprint density at radius 2 is 1.79 bits per heavy atom. The first-order chi connectivity index (χ1) is 6.93. The smallest absolute Gasteiger partial charge is 0.0536 e. The average Bonchev–Trinajstić information content (AvgIpc) is 2.25. The molecule has 1 heterocycles. The van der Waals surface area contributed by atoms with Crippen LogP contribution in [0.25, 0.3) is 0 Å². The van der Waals surface area contributed by atoms with Crippen molar-refractivity contribution >= 4 is 23.5 Å². The van der Waals surface area contributed by atoms with Crippen molar-refractivity contribution in [1.29, 1.82) is 0 Å². The molecule has 80 valence electrons. The molecule has 0 aromatic rings. The molecule has 0 bridgehead atoms. The summed E-state index contributed by atoms with van der Waals surface area (Å²) in [5.74, 6) is 2.72. The Balaban J connectivity index is 2.03.